The molecule has 180 valence electrons. The van der Waals surface area contributed by atoms with Crippen LogP contribution in [-0.2, 0) is 17.9 Å². The van der Waals surface area contributed by atoms with Crippen molar-refractivity contribution in [3.05, 3.63) is 73.9 Å². The van der Waals surface area contributed by atoms with Crippen molar-refractivity contribution in [1.29, 1.82) is 0 Å². The molecular weight excluding hydrogens is 472 g/mol. The molecule has 1 aliphatic heterocycles. The zero-order valence-electron chi connectivity index (χ0n) is 19.4. The minimum Gasteiger partial charge on any atom is -0.476 e. The Bertz CT molecular complexity index is 1540. The minimum atomic E-state index is -1.20. The van der Waals surface area contributed by atoms with Crippen LogP contribution in [0.15, 0.2) is 39.7 Å². The summed E-state index contributed by atoms with van der Waals surface area (Å²) in [7, 11) is 0. The van der Waals surface area contributed by atoms with Crippen LogP contribution < -0.4 is 10.7 Å². The summed E-state index contributed by atoms with van der Waals surface area (Å²) in [4.78, 5) is 29.1. The first-order valence-corrected chi connectivity index (χ1v) is 11.5. The minimum absolute atomic E-state index is 0.0845. The number of anilines is 1. The third-order valence-corrected chi connectivity index (χ3v) is 6.38. The van der Waals surface area contributed by atoms with Crippen LogP contribution in [0, 0.1) is 13.8 Å². The van der Waals surface area contributed by atoms with Crippen molar-refractivity contribution in [2.75, 3.05) is 11.9 Å². The Balaban J connectivity index is 1.66. The molecule has 0 aliphatic carbocycles. The Morgan fingerprint density at radius 2 is 2.09 bits per heavy atom. The highest BCUT2D eigenvalue weighted by molar-refractivity contribution is 6.29. The second kappa shape index (κ2) is 8.83. The molecule has 4 heterocycles. The fourth-order valence-corrected chi connectivity index (χ4v) is 4.58. The Morgan fingerprint density at radius 3 is 2.86 bits per heavy atom. The molecule has 2 N–H and O–H groups in total. The number of aryl methyl sites for hydroxylation is 1. The number of benzene rings is 1. The van der Waals surface area contributed by atoms with Crippen LogP contribution in [0.1, 0.15) is 45.8 Å². The molecule has 0 radical (unpaired) electrons. The summed E-state index contributed by atoms with van der Waals surface area (Å²) in [6.45, 7) is 7.12. The number of fused-ring (bicyclic) bond motifs is 2. The molecule has 0 saturated heterocycles. The molecule has 0 bridgehead atoms. The zero-order chi connectivity index (χ0) is 24.9. The molecule has 35 heavy (non-hydrogen) atoms. The van der Waals surface area contributed by atoms with E-state index in [0.717, 1.165) is 16.8 Å². The van der Waals surface area contributed by atoms with Gasteiger partial charge in [-0.05, 0) is 44.5 Å². The highest BCUT2D eigenvalue weighted by Crippen LogP contribution is 2.34. The van der Waals surface area contributed by atoms with Gasteiger partial charge in [-0.1, -0.05) is 17.7 Å². The summed E-state index contributed by atoms with van der Waals surface area (Å²) in [5, 5.41) is 17.7. The summed E-state index contributed by atoms with van der Waals surface area (Å²) in [5.74, 6) is -0.750. The molecule has 0 amide bonds. The van der Waals surface area contributed by atoms with Gasteiger partial charge in [0.25, 0.3) is 0 Å². The maximum absolute atomic E-state index is 13.4. The first-order chi connectivity index (χ1) is 16.7. The molecule has 1 atom stereocenters. The monoisotopic (exact) mass is 494 g/mol. The molecule has 10 heteroatoms. The van der Waals surface area contributed by atoms with Gasteiger partial charge in [0.2, 0.25) is 0 Å². The first-order valence-electron chi connectivity index (χ1n) is 11.1. The van der Waals surface area contributed by atoms with Crippen LogP contribution in [0.3, 0.4) is 0 Å². The molecule has 1 aliphatic rings. The molecule has 0 saturated carbocycles. The molecule has 5 rings (SSSR count). The predicted molar refractivity (Wildman–Crippen MR) is 131 cm³/mol. The summed E-state index contributed by atoms with van der Waals surface area (Å²) in [5.41, 5.74) is 4.08. The van der Waals surface area contributed by atoms with Crippen molar-refractivity contribution in [1.82, 2.24) is 14.8 Å². The second-order valence-electron chi connectivity index (χ2n) is 8.60. The molecule has 3 aromatic heterocycles. The number of pyridine rings is 1. The highest BCUT2D eigenvalue weighted by atomic mass is 35.5. The van der Waals surface area contributed by atoms with E-state index in [1.807, 2.05) is 24.6 Å². The Morgan fingerprint density at radius 1 is 1.29 bits per heavy atom. The number of hydrogen-bond donors (Lipinski definition) is 2. The fourth-order valence-electron chi connectivity index (χ4n) is 4.44. The normalized spacial score (nSPS) is 14.1. The predicted octanol–water partition coefficient (Wildman–Crippen LogP) is 4.72. The van der Waals surface area contributed by atoms with E-state index in [2.05, 4.69) is 15.4 Å². The van der Waals surface area contributed by atoms with Crippen LogP contribution in [0.5, 0.6) is 0 Å². The van der Waals surface area contributed by atoms with Crippen molar-refractivity contribution >= 4 is 34.2 Å². The van der Waals surface area contributed by atoms with Crippen molar-refractivity contribution in [2.24, 2.45) is 0 Å². The van der Waals surface area contributed by atoms with Crippen LogP contribution >= 0.6 is 11.6 Å². The van der Waals surface area contributed by atoms with E-state index in [1.54, 1.807) is 25.3 Å². The van der Waals surface area contributed by atoms with Gasteiger partial charge in [0, 0.05) is 11.1 Å². The summed E-state index contributed by atoms with van der Waals surface area (Å²) >= 11 is 5.89. The Labute approximate surface area is 205 Å². The third-order valence-electron chi connectivity index (χ3n) is 6.17. The second-order valence-corrected chi connectivity index (χ2v) is 8.99. The van der Waals surface area contributed by atoms with Crippen molar-refractivity contribution < 1.29 is 19.1 Å². The first kappa shape index (κ1) is 23.1. The number of carboxylic acids is 1. The zero-order valence-corrected chi connectivity index (χ0v) is 20.1. The lowest BCUT2D eigenvalue weighted by Crippen LogP contribution is -2.18. The fraction of sp³-hybridized carbons (Fsp3) is 0.280. The van der Waals surface area contributed by atoms with E-state index in [-0.39, 0.29) is 16.3 Å². The maximum atomic E-state index is 13.4. The van der Waals surface area contributed by atoms with Crippen LogP contribution in [-0.4, -0.2) is 32.4 Å². The smallest absolute Gasteiger partial charge is 0.356 e. The number of nitrogens with one attached hydrogen (secondary N) is 1. The van der Waals surface area contributed by atoms with Gasteiger partial charge in [0.05, 0.1) is 54.3 Å². The average molecular weight is 495 g/mol. The Hall–Kier alpha value is -3.69. The van der Waals surface area contributed by atoms with Crippen molar-refractivity contribution in [3.8, 4) is 11.3 Å². The van der Waals surface area contributed by atoms with Gasteiger partial charge < -0.3 is 19.6 Å². The number of nitrogens with zero attached hydrogens (tertiary/aromatic N) is 3. The third kappa shape index (κ3) is 4.06. The van der Waals surface area contributed by atoms with Crippen LogP contribution in [0.4, 0.5) is 5.69 Å². The molecular formula is C25H23ClN4O5. The van der Waals surface area contributed by atoms with Gasteiger partial charge in [-0.2, -0.15) is 5.10 Å². The quantitative estimate of drug-likeness (QED) is 0.382. The molecule has 0 spiro atoms. The number of halogens is 1. The summed E-state index contributed by atoms with van der Waals surface area (Å²) in [6, 6.07) is 6.39. The van der Waals surface area contributed by atoms with Gasteiger partial charge >= 0.3 is 5.97 Å². The molecule has 1 aromatic carbocycles. The summed E-state index contributed by atoms with van der Waals surface area (Å²) in [6.07, 6.45) is 1.70. The number of rotatable bonds is 5. The van der Waals surface area contributed by atoms with Gasteiger partial charge in [0.1, 0.15) is 16.5 Å². The van der Waals surface area contributed by atoms with Crippen LogP contribution in [0.2, 0.25) is 5.15 Å². The van der Waals surface area contributed by atoms with E-state index in [4.69, 9.17) is 20.8 Å². The largest absolute Gasteiger partial charge is 0.476 e. The van der Waals surface area contributed by atoms with Crippen LogP contribution in [0.25, 0.3) is 22.3 Å². The molecule has 4 aromatic rings. The highest BCUT2D eigenvalue weighted by Gasteiger charge is 2.24. The van der Waals surface area contributed by atoms with Gasteiger partial charge in [-0.15, -0.1) is 0 Å². The molecule has 0 unspecified atom stereocenters. The standard InChI is InChI=1S/C25H23ClN4O5/c1-12-8-15(14(3)28-18-4-5-20(26)29-21(18)25(32)33)24-16(9-12)22(31)13(2)23(35-24)17-10-27-30-6-7-34-11-19(17)30/h4-5,8-10,14,28H,6-7,11H2,1-3H3,(H,32,33)/t14-/m1/s1. The Kier molecular flexibility index (Phi) is 5.82. The van der Waals surface area contributed by atoms with Gasteiger partial charge in [-0.25, -0.2) is 9.78 Å². The van der Waals surface area contributed by atoms with Gasteiger partial charge in [-0.3, -0.25) is 9.48 Å². The van der Waals surface area contributed by atoms with Gasteiger partial charge in [0.15, 0.2) is 11.1 Å². The lowest BCUT2D eigenvalue weighted by molar-refractivity contribution is 0.0691. The van der Waals surface area contributed by atoms with E-state index in [9.17, 15) is 14.7 Å². The molecule has 0 fully saturated rings. The summed E-state index contributed by atoms with van der Waals surface area (Å²) < 4.78 is 13.9. The SMILES string of the molecule is Cc1cc([C@@H](C)Nc2ccc(Cl)nc2C(=O)O)c2oc(-c3cnn4c3COCC4)c(C)c(=O)c2c1. The number of carboxylic acid groups (broad SMARTS) is 1. The maximum Gasteiger partial charge on any atom is 0.356 e. The number of ether oxygens (including phenoxy) is 1. The average Bonchev–Trinajstić information content (AvgIpc) is 3.26. The van der Waals surface area contributed by atoms with Crippen molar-refractivity contribution in [2.45, 2.75) is 40.0 Å². The topological polar surface area (TPSA) is 119 Å². The van der Waals surface area contributed by atoms with E-state index >= 15 is 0 Å². The number of aromatic nitrogens is 3. The number of aromatic carboxylic acids is 1. The molecule has 9 nitrogen and oxygen atoms in total. The van der Waals surface area contributed by atoms with E-state index < -0.39 is 12.0 Å². The van der Waals surface area contributed by atoms with Crippen molar-refractivity contribution in [3.63, 3.8) is 0 Å². The van der Waals surface area contributed by atoms with E-state index in [1.165, 1.54) is 6.07 Å². The lowest BCUT2D eigenvalue weighted by Gasteiger charge is -2.20. The number of carbonyl (C=O) groups is 1. The number of hydrogen-bond acceptors (Lipinski definition) is 7. The lowest BCUT2D eigenvalue weighted by atomic mass is 9.98. The van der Waals surface area contributed by atoms with E-state index in [0.29, 0.717) is 53.3 Å².